The van der Waals surface area contributed by atoms with Gasteiger partial charge in [0.05, 0.1) is 26.2 Å². The molecule has 8 heteroatoms. The van der Waals surface area contributed by atoms with Crippen LogP contribution in [-0.4, -0.2) is 16.0 Å². The topological polar surface area (TPSA) is 92.5 Å². The number of dihydropyridines is 1. The highest BCUT2D eigenvalue weighted by atomic mass is 35.5. The molecule has 1 heterocycles. The summed E-state index contributed by atoms with van der Waals surface area (Å²) in [7, 11) is 0. The van der Waals surface area contributed by atoms with Crippen molar-refractivity contribution in [3.8, 4) is 0 Å². The fraction of sp³-hybridized carbons (Fsp3) is 0.214. The molecule has 1 aliphatic heterocycles. The Hall–Kier alpha value is -2.05. The molecule has 116 valence electrons. The highest BCUT2D eigenvalue weighted by Crippen LogP contribution is 2.42. The maximum atomic E-state index is 11.6. The number of aliphatic carboxylic acids is 1. The first-order valence-corrected chi connectivity index (χ1v) is 7.01. The molecule has 0 saturated heterocycles. The first-order valence-electron chi connectivity index (χ1n) is 6.25. The van der Waals surface area contributed by atoms with E-state index in [4.69, 9.17) is 23.2 Å². The van der Waals surface area contributed by atoms with Crippen molar-refractivity contribution >= 4 is 29.2 Å². The van der Waals surface area contributed by atoms with Crippen LogP contribution in [0.15, 0.2) is 40.9 Å². The summed E-state index contributed by atoms with van der Waals surface area (Å²) < 4.78 is 0. The molecule has 22 heavy (non-hydrogen) atoms. The van der Waals surface area contributed by atoms with Crippen LogP contribution >= 0.6 is 23.2 Å². The van der Waals surface area contributed by atoms with Gasteiger partial charge >= 0.3 is 5.97 Å². The van der Waals surface area contributed by atoms with Crippen LogP contribution in [0.3, 0.4) is 0 Å². The molecule has 2 N–H and O–H groups in total. The first-order chi connectivity index (χ1) is 10.3. The van der Waals surface area contributed by atoms with Crippen molar-refractivity contribution < 1.29 is 14.8 Å². The zero-order valence-corrected chi connectivity index (χ0v) is 13.2. The molecule has 1 aromatic carbocycles. The number of nitrogens with one attached hydrogen (secondary N) is 1. The van der Waals surface area contributed by atoms with Crippen molar-refractivity contribution in [2.75, 3.05) is 0 Å². The van der Waals surface area contributed by atoms with Crippen LogP contribution in [0.2, 0.25) is 10.0 Å². The lowest BCUT2D eigenvalue weighted by Gasteiger charge is -2.26. The molecule has 2 rings (SSSR count). The quantitative estimate of drug-likeness (QED) is 0.647. The van der Waals surface area contributed by atoms with Crippen molar-refractivity contribution in [1.29, 1.82) is 0 Å². The Kier molecular flexibility index (Phi) is 4.44. The van der Waals surface area contributed by atoms with Crippen LogP contribution in [0.4, 0.5) is 0 Å². The minimum atomic E-state index is -1.25. The maximum Gasteiger partial charge on any atom is 0.334 e. The van der Waals surface area contributed by atoms with E-state index >= 15 is 0 Å². The third-order valence-electron chi connectivity index (χ3n) is 3.44. The smallest absolute Gasteiger partial charge is 0.334 e. The summed E-state index contributed by atoms with van der Waals surface area (Å²) >= 11 is 12.1. The lowest BCUT2D eigenvalue weighted by atomic mass is 9.84. The SMILES string of the molecule is CC1=C(C(=O)O)C(c2cccc(Cl)c2Cl)C([N+](=O)[O-])=C(C)N1. The third kappa shape index (κ3) is 2.67. The number of halogens is 2. The van der Waals surface area contributed by atoms with E-state index < -0.39 is 16.8 Å². The number of hydrogen-bond donors (Lipinski definition) is 2. The van der Waals surface area contributed by atoms with E-state index in [0.29, 0.717) is 11.3 Å². The average Bonchev–Trinajstić information content (AvgIpc) is 2.39. The largest absolute Gasteiger partial charge is 0.478 e. The molecule has 1 unspecified atom stereocenters. The third-order valence-corrected chi connectivity index (χ3v) is 4.28. The van der Waals surface area contributed by atoms with E-state index in [0.717, 1.165) is 0 Å². The van der Waals surface area contributed by atoms with Crippen molar-refractivity contribution in [1.82, 2.24) is 5.32 Å². The highest BCUT2D eigenvalue weighted by Gasteiger charge is 2.41. The monoisotopic (exact) mass is 342 g/mol. The summed E-state index contributed by atoms with van der Waals surface area (Å²) in [6.45, 7) is 3.07. The lowest BCUT2D eigenvalue weighted by Crippen LogP contribution is -2.31. The predicted molar refractivity (Wildman–Crippen MR) is 82.4 cm³/mol. The fourth-order valence-electron chi connectivity index (χ4n) is 2.55. The number of nitro groups is 1. The van der Waals surface area contributed by atoms with E-state index in [2.05, 4.69) is 5.32 Å². The van der Waals surface area contributed by atoms with Crippen LogP contribution in [0.1, 0.15) is 25.3 Å². The van der Waals surface area contributed by atoms with E-state index in [-0.39, 0.29) is 27.0 Å². The molecule has 0 radical (unpaired) electrons. The number of carbonyl (C=O) groups is 1. The molecule has 0 fully saturated rings. The number of carboxylic acid groups (broad SMARTS) is 1. The van der Waals surface area contributed by atoms with Crippen molar-refractivity contribution in [2.45, 2.75) is 19.8 Å². The second-order valence-corrected chi connectivity index (χ2v) is 5.60. The summed E-state index contributed by atoms with van der Waals surface area (Å²) in [6.07, 6.45) is 0. The Morgan fingerprint density at radius 2 is 1.95 bits per heavy atom. The fourth-order valence-corrected chi connectivity index (χ4v) is 2.97. The maximum absolute atomic E-state index is 11.6. The normalized spacial score (nSPS) is 18.3. The molecular formula is C14H12Cl2N2O4. The van der Waals surface area contributed by atoms with Crippen molar-refractivity contribution in [3.05, 3.63) is 66.6 Å². The molecule has 1 atom stereocenters. The summed E-state index contributed by atoms with van der Waals surface area (Å²) in [5.41, 5.74) is 0.511. The standard InChI is InChI=1S/C14H12Cl2N2O4/c1-6-10(14(19)20)11(13(18(21)22)7(2)17-6)8-4-3-5-9(15)12(8)16/h3-5,11,17H,1-2H3,(H,19,20). The molecule has 0 bridgehead atoms. The van der Waals surface area contributed by atoms with Crippen LogP contribution in [-0.2, 0) is 4.79 Å². The molecule has 1 aromatic rings. The number of allylic oxidation sites excluding steroid dienone is 3. The summed E-state index contributed by atoms with van der Waals surface area (Å²) in [4.78, 5) is 22.4. The molecule has 1 aliphatic rings. The summed E-state index contributed by atoms with van der Waals surface area (Å²) in [5.74, 6) is -2.35. The molecule has 6 nitrogen and oxygen atoms in total. The highest BCUT2D eigenvalue weighted by molar-refractivity contribution is 6.42. The number of carboxylic acids is 1. The van der Waals surface area contributed by atoms with Gasteiger partial charge < -0.3 is 10.4 Å². The predicted octanol–water partition coefficient (Wildman–Crippen LogP) is 3.55. The van der Waals surface area contributed by atoms with Gasteiger partial charge in [-0.05, 0) is 25.5 Å². The van der Waals surface area contributed by atoms with Crippen LogP contribution in [0, 0.1) is 10.1 Å². The molecule has 0 aromatic heterocycles. The van der Waals surface area contributed by atoms with E-state index in [1.54, 1.807) is 13.0 Å². The molecule has 0 amide bonds. The molecule has 0 aliphatic carbocycles. The van der Waals surface area contributed by atoms with Crippen LogP contribution < -0.4 is 5.32 Å². The number of hydrogen-bond acceptors (Lipinski definition) is 4. The van der Waals surface area contributed by atoms with Gasteiger partial charge in [0.15, 0.2) is 0 Å². The minimum absolute atomic E-state index is 0.106. The van der Waals surface area contributed by atoms with Gasteiger partial charge in [-0.15, -0.1) is 0 Å². The van der Waals surface area contributed by atoms with E-state index in [1.807, 2.05) is 0 Å². The van der Waals surface area contributed by atoms with Gasteiger partial charge in [0, 0.05) is 5.70 Å². The molecular weight excluding hydrogens is 331 g/mol. The van der Waals surface area contributed by atoms with Crippen LogP contribution in [0.25, 0.3) is 0 Å². The lowest BCUT2D eigenvalue weighted by molar-refractivity contribution is -0.431. The Morgan fingerprint density at radius 3 is 2.50 bits per heavy atom. The Morgan fingerprint density at radius 1 is 1.32 bits per heavy atom. The Balaban J connectivity index is 2.78. The van der Waals surface area contributed by atoms with Crippen molar-refractivity contribution in [3.63, 3.8) is 0 Å². The second-order valence-electron chi connectivity index (χ2n) is 4.81. The van der Waals surface area contributed by atoms with Crippen LogP contribution in [0.5, 0.6) is 0 Å². The van der Waals surface area contributed by atoms with Gasteiger partial charge in [0.25, 0.3) is 5.70 Å². The van der Waals surface area contributed by atoms with Gasteiger partial charge in [0.2, 0.25) is 0 Å². The zero-order valence-electron chi connectivity index (χ0n) is 11.7. The Bertz CT molecular complexity index is 704. The minimum Gasteiger partial charge on any atom is -0.478 e. The van der Waals surface area contributed by atoms with E-state index in [1.165, 1.54) is 19.1 Å². The number of rotatable bonds is 3. The van der Waals surface area contributed by atoms with Gasteiger partial charge in [-0.25, -0.2) is 4.79 Å². The molecule has 0 saturated carbocycles. The Labute approximate surface area is 136 Å². The zero-order chi connectivity index (χ0) is 16.6. The molecule has 0 spiro atoms. The van der Waals surface area contributed by atoms with Gasteiger partial charge in [-0.3, -0.25) is 10.1 Å². The van der Waals surface area contributed by atoms with Crippen molar-refractivity contribution in [2.24, 2.45) is 0 Å². The average molecular weight is 343 g/mol. The number of nitrogens with zero attached hydrogens (tertiary/aromatic N) is 1. The van der Waals surface area contributed by atoms with E-state index in [9.17, 15) is 20.0 Å². The summed E-state index contributed by atoms with van der Waals surface area (Å²) in [5, 5.41) is 24.0. The first kappa shape index (κ1) is 16.3. The van der Waals surface area contributed by atoms with Gasteiger partial charge in [-0.2, -0.15) is 0 Å². The summed E-state index contributed by atoms with van der Waals surface area (Å²) in [6, 6.07) is 4.65. The second kappa shape index (κ2) is 5.98. The van der Waals surface area contributed by atoms with Gasteiger partial charge in [0.1, 0.15) is 5.92 Å². The number of benzene rings is 1. The van der Waals surface area contributed by atoms with Gasteiger partial charge in [-0.1, -0.05) is 35.3 Å².